The molecule has 0 aliphatic rings. The van der Waals surface area contributed by atoms with Crippen molar-refractivity contribution in [3.63, 3.8) is 0 Å². The topological polar surface area (TPSA) is 38.3 Å². The minimum atomic E-state index is -0.411. The van der Waals surface area contributed by atoms with Crippen molar-refractivity contribution in [1.29, 1.82) is 0 Å². The quantitative estimate of drug-likeness (QED) is 0.712. The molecule has 0 rings (SSSR count). The maximum absolute atomic E-state index is 11.6. The van der Waals surface area contributed by atoms with Gasteiger partial charge in [0.25, 0.3) is 0 Å². The van der Waals surface area contributed by atoms with Crippen molar-refractivity contribution in [2.24, 2.45) is 11.3 Å². The summed E-state index contributed by atoms with van der Waals surface area (Å²) in [5.74, 6) is 0.200. The molecule has 0 fully saturated rings. The standard InChI is InChI=1S/C16H31NO2/c1-9-16(7,8)12(2)13(3)17-11-10-14(18)19-15(4,5)6/h12,17H,3,9-11H2,1-2,4-8H3/t12-/m0/s1. The normalized spacial score (nSPS) is 13.8. The Hall–Kier alpha value is -0.990. The van der Waals surface area contributed by atoms with Gasteiger partial charge < -0.3 is 10.1 Å². The van der Waals surface area contributed by atoms with Crippen LogP contribution in [0.25, 0.3) is 0 Å². The Labute approximate surface area is 118 Å². The first-order valence-corrected chi connectivity index (χ1v) is 7.14. The molecule has 0 heterocycles. The average Bonchev–Trinajstić information content (AvgIpc) is 2.25. The molecule has 3 heteroatoms. The molecule has 0 aromatic carbocycles. The molecular weight excluding hydrogens is 238 g/mol. The van der Waals surface area contributed by atoms with Gasteiger partial charge in [-0.05, 0) is 26.2 Å². The summed E-state index contributed by atoms with van der Waals surface area (Å²) in [6.07, 6.45) is 1.47. The SMILES string of the molecule is C=C(NCCC(=O)OC(C)(C)C)[C@H](C)C(C)(C)CC. The number of esters is 1. The molecule has 0 bridgehead atoms. The van der Waals surface area contributed by atoms with E-state index in [1.165, 1.54) is 0 Å². The van der Waals surface area contributed by atoms with Crippen LogP contribution in [0, 0.1) is 11.3 Å². The second kappa shape index (κ2) is 6.97. The van der Waals surface area contributed by atoms with Gasteiger partial charge >= 0.3 is 5.97 Å². The molecule has 0 amide bonds. The smallest absolute Gasteiger partial charge is 0.308 e. The lowest BCUT2D eigenvalue weighted by Gasteiger charge is -2.32. The van der Waals surface area contributed by atoms with Crippen molar-refractivity contribution in [3.05, 3.63) is 12.3 Å². The number of carbonyl (C=O) groups excluding carboxylic acids is 1. The van der Waals surface area contributed by atoms with E-state index in [-0.39, 0.29) is 11.4 Å². The lowest BCUT2D eigenvalue weighted by molar-refractivity contribution is -0.154. The van der Waals surface area contributed by atoms with E-state index < -0.39 is 5.60 Å². The molecule has 0 aromatic heterocycles. The molecule has 19 heavy (non-hydrogen) atoms. The molecule has 0 aliphatic carbocycles. The van der Waals surface area contributed by atoms with Gasteiger partial charge in [-0.15, -0.1) is 0 Å². The molecule has 0 saturated heterocycles. The molecule has 0 unspecified atom stereocenters. The third-order valence-electron chi connectivity index (χ3n) is 3.71. The van der Waals surface area contributed by atoms with Crippen LogP contribution < -0.4 is 5.32 Å². The maximum atomic E-state index is 11.6. The first-order valence-electron chi connectivity index (χ1n) is 7.14. The van der Waals surface area contributed by atoms with E-state index in [0.29, 0.717) is 18.9 Å². The Bertz CT molecular complexity index is 313. The summed E-state index contributed by atoms with van der Waals surface area (Å²) >= 11 is 0. The summed E-state index contributed by atoms with van der Waals surface area (Å²) in [4.78, 5) is 11.6. The van der Waals surface area contributed by atoms with Crippen LogP contribution in [0.5, 0.6) is 0 Å². The molecule has 0 aliphatic heterocycles. The summed E-state index contributed by atoms with van der Waals surface area (Å²) in [6, 6.07) is 0. The maximum Gasteiger partial charge on any atom is 0.308 e. The first-order chi connectivity index (χ1) is 8.49. The molecule has 1 N–H and O–H groups in total. The molecule has 0 saturated carbocycles. The Kier molecular flexibility index (Phi) is 6.61. The van der Waals surface area contributed by atoms with Crippen LogP contribution >= 0.6 is 0 Å². The van der Waals surface area contributed by atoms with Crippen LogP contribution in [0.4, 0.5) is 0 Å². The van der Waals surface area contributed by atoms with Gasteiger partial charge in [0.2, 0.25) is 0 Å². The van der Waals surface area contributed by atoms with Gasteiger partial charge in [-0.25, -0.2) is 0 Å². The van der Waals surface area contributed by atoms with Crippen LogP contribution in [-0.2, 0) is 9.53 Å². The zero-order valence-electron chi connectivity index (χ0n) is 13.7. The Morgan fingerprint density at radius 1 is 1.26 bits per heavy atom. The molecule has 0 spiro atoms. The fraction of sp³-hybridized carbons (Fsp3) is 0.812. The summed E-state index contributed by atoms with van der Waals surface area (Å²) in [5.41, 5.74) is 0.803. The molecule has 1 atom stereocenters. The summed E-state index contributed by atoms with van der Waals surface area (Å²) in [7, 11) is 0. The predicted molar refractivity (Wildman–Crippen MR) is 80.8 cm³/mol. The van der Waals surface area contributed by atoms with Crippen LogP contribution in [0.1, 0.15) is 61.3 Å². The monoisotopic (exact) mass is 269 g/mol. The van der Waals surface area contributed by atoms with Gasteiger partial charge in [-0.1, -0.05) is 40.7 Å². The van der Waals surface area contributed by atoms with Crippen LogP contribution in [0.15, 0.2) is 12.3 Å². The Balaban J connectivity index is 4.09. The number of ether oxygens (including phenoxy) is 1. The number of hydrogen-bond acceptors (Lipinski definition) is 3. The van der Waals surface area contributed by atoms with Crippen molar-refractivity contribution < 1.29 is 9.53 Å². The number of nitrogens with one attached hydrogen (secondary N) is 1. The highest BCUT2D eigenvalue weighted by Crippen LogP contribution is 2.33. The van der Waals surface area contributed by atoms with Gasteiger partial charge in [0.1, 0.15) is 5.60 Å². The molecule has 0 radical (unpaired) electrons. The molecule has 0 aromatic rings. The van der Waals surface area contributed by atoms with E-state index in [0.717, 1.165) is 12.1 Å². The van der Waals surface area contributed by atoms with Crippen LogP contribution in [0.3, 0.4) is 0 Å². The highest BCUT2D eigenvalue weighted by Gasteiger charge is 2.25. The van der Waals surface area contributed by atoms with E-state index in [1.54, 1.807) is 0 Å². The molecular formula is C16H31NO2. The fourth-order valence-electron chi connectivity index (χ4n) is 1.65. The number of carbonyl (C=O) groups is 1. The highest BCUT2D eigenvalue weighted by atomic mass is 16.6. The van der Waals surface area contributed by atoms with Crippen molar-refractivity contribution >= 4 is 5.97 Å². The van der Waals surface area contributed by atoms with E-state index in [2.05, 4.69) is 39.6 Å². The van der Waals surface area contributed by atoms with Crippen LogP contribution in [-0.4, -0.2) is 18.1 Å². The predicted octanol–water partition coefficient (Wildman–Crippen LogP) is 3.89. The van der Waals surface area contributed by atoms with E-state index >= 15 is 0 Å². The Morgan fingerprint density at radius 2 is 1.79 bits per heavy atom. The molecule has 112 valence electrons. The van der Waals surface area contributed by atoms with Gasteiger partial charge in [-0.2, -0.15) is 0 Å². The third-order valence-corrected chi connectivity index (χ3v) is 3.71. The van der Waals surface area contributed by atoms with E-state index in [4.69, 9.17) is 4.74 Å². The van der Waals surface area contributed by atoms with Gasteiger partial charge in [0, 0.05) is 18.2 Å². The van der Waals surface area contributed by atoms with Crippen molar-refractivity contribution in [2.75, 3.05) is 6.54 Å². The number of hydrogen-bond donors (Lipinski definition) is 1. The van der Waals surface area contributed by atoms with Crippen molar-refractivity contribution in [2.45, 2.75) is 66.9 Å². The van der Waals surface area contributed by atoms with Crippen molar-refractivity contribution in [1.82, 2.24) is 5.32 Å². The Morgan fingerprint density at radius 3 is 2.21 bits per heavy atom. The lowest BCUT2D eigenvalue weighted by Crippen LogP contribution is -2.31. The number of rotatable bonds is 7. The van der Waals surface area contributed by atoms with Gasteiger partial charge in [0.15, 0.2) is 0 Å². The van der Waals surface area contributed by atoms with E-state index in [9.17, 15) is 4.79 Å². The second-order valence-electron chi connectivity index (χ2n) is 6.85. The number of allylic oxidation sites excluding steroid dienone is 1. The highest BCUT2D eigenvalue weighted by molar-refractivity contribution is 5.70. The average molecular weight is 269 g/mol. The fourth-order valence-corrected chi connectivity index (χ4v) is 1.65. The third kappa shape index (κ3) is 7.24. The lowest BCUT2D eigenvalue weighted by atomic mass is 9.76. The van der Waals surface area contributed by atoms with Gasteiger partial charge in [0.05, 0.1) is 6.42 Å². The second-order valence-corrected chi connectivity index (χ2v) is 6.85. The first kappa shape index (κ1) is 18.0. The van der Waals surface area contributed by atoms with Crippen molar-refractivity contribution in [3.8, 4) is 0 Å². The summed E-state index contributed by atoms with van der Waals surface area (Å²) in [5, 5.41) is 3.24. The van der Waals surface area contributed by atoms with Crippen LogP contribution in [0.2, 0.25) is 0 Å². The zero-order chi connectivity index (χ0) is 15.3. The summed E-state index contributed by atoms with van der Waals surface area (Å²) < 4.78 is 5.26. The van der Waals surface area contributed by atoms with Gasteiger partial charge in [-0.3, -0.25) is 4.79 Å². The minimum absolute atomic E-state index is 0.171. The minimum Gasteiger partial charge on any atom is -0.460 e. The van der Waals surface area contributed by atoms with E-state index in [1.807, 2.05) is 20.8 Å². The molecule has 3 nitrogen and oxygen atoms in total. The zero-order valence-corrected chi connectivity index (χ0v) is 13.7. The largest absolute Gasteiger partial charge is 0.460 e. The summed E-state index contributed by atoms with van der Waals surface area (Å²) in [6.45, 7) is 19.1.